The molecule has 2 nitrogen and oxygen atoms in total. The monoisotopic (exact) mass is 300 g/mol. The third kappa shape index (κ3) is 4.27. The Morgan fingerprint density at radius 1 is 1.21 bits per heavy atom. The molecule has 4 heteroatoms. The van der Waals surface area contributed by atoms with Crippen LogP contribution in [0.1, 0.15) is 32.6 Å². The quantitative estimate of drug-likeness (QED) is 0.869. The summed E-state index contributed by atoms with van der Waals surface area (Å²) < 4.78 is 0. The molecule has 1 aromatic carbocycles. The van der Waals surface area contributed by atoms with E-state index in [4.69, 9.17) is 23.2 Å². The highest BCUT2D eigenvalue weighted by Gasteiger charge is 2.18. The fraction of sp³-hybridized carbons (Fsp3) is 0.600. The van der Waals surface area contributed by atoms with E-state index in [1.165, 1.54) is 32.4 Å². The van der Waals surface area contributed by atoms with Crippen LogP contribution in [0.15, 0.2) is 18.2 Å². The van der Waals surface area contributed by atoms with Crippen LogP contribution in [0, 0.1) is 0 Å². The standard InChI is InChI=1S/C15H22Cl2N2/c1-2-9-19-10-4-5-12(8-11-19)18-15-13(16)6-3-7-14(15)17/h3,6-7,12,18H,2,4-5,8-11H2,1H3. The third-order valence-electron chi connectivity index (χ3n) is 3.67. The lowest BCUT2D eigenvalue weighted by molar-refractivity contribution is 0.285. The summed E-state index contributed by atoms with van der Waals surface area (Å²) in [6, 6.07) is 6.12. The molecule has 1 unspecified atom stereocenters. The van der Waals surface area contributed by atoms with E-state index in [1.54, 1.807) is 0 Å². The Bertz CT molecular complexity index is 389. The van der Waals surface area contributed by atoms with E-state index in [-0.39, 0.29) is 0 Å². The zero-order valence-electron chi connectivity index (χ0n) is 11.5. The van der Waals surface area contributed by atoms with Gasteiger partial charge in [0, 0.05) is 12.6 Å². The molecule has 1 N–H and O–H groups in total. The summed E-state index contributed by atoms with van der Waals surface area (Å²) in [5.74, 6) is 0. The van der Waals surface area contributed by atoms with Crippen LogP contribution in [0.4, 0.5) is 5.69 Å². The summed E-state index contributed by atoms with van der Waals surface area (Å²) >= 11 is 12.4. The van der Waals surface area contributed by atoms with E-state index in [0.29, 0.717) is 16.1 Å². The number of anilines is 1. The number of hydrogen-bond donors (Lipinski definition) is 1. The van der Waals surface area contributed by atoms with E-state index in [0.717, 1.165) is 18.7 Å². The molecule has 1 heterocycles. The van der Waals surface area contributed by atoms with Crippen molar-refractivity contribution in [1.29, 1.82) is 0 Å². The highest BCUT2D eigenvalue weighted by molar-refractivity contribution is 6.39. The van der Waals surface area contributed by atoms with Crippen molar-refractivity contribution in [2.24, 2.45) is 0 Å². The Hall–Kier alpha value is -0.440. The number of halogens is 2. The first kappa shape index (κ1) is 15.0. The second kappa shape index (κ2) is 7.37. The maximum Gasteiger partial charge on any atom is 0.0721 e. The summed E-state index contributed by atoms with van der Waals surface area (Å²) in [5.41, 5.74) is 0.889. The molecule has 0 spiro atoms. The predicted octanol–water partition coefficient (Wildman–Crippen LogP) is 4.67. The van der Waals surface area contributed by atoms with E-state index < -0.39 is 0 Å². The molecule has 0 radical (unpaired) electrons. The molecule has 0 amide bonds. The van der Waals surface area contributed by atoms with Gasteiger partial charge in [0.25, 0.3) is 0 Å². The first-order valence-electron chi connectivity index (χ1n) is 7.13. The molecule has 0 saturated carbocycles. The smallest absolute Gasteiger partial charge is 0.0721 e. The van der Waals surface area contributed by atoms with Crippen molar-refractivity contribution in [3.05, 3.63) is 28.2 Å². The maximum atomic E-state index is 6.21. The fourth-order valence-corrected chi connectivity index (χ4v) is 3.19. The summed E-state index contributed by atoms with van der Waals surface area (Å²) in [6.45, 7) is 5.82. The Morgan fingerprint density at radius 2 is 1.95 bits per heavy atom. The number of nitrogens with one attached hydrogen (secondary N) is 1. The van der Waals surface area contributed by atoms with Gasteiger partial charge >= 0.3 is 0 Å². The molecule has 19 heavy (non-hydrogen) atoms. The van der Waals surface area contributed by atoms with Crippen molar-refractivity contribution >= 4 is 28.9 Å². The van der Waals surface area contributed by atoms with Gasteiger partial charge in [0.05, 0.1) is 15.7 Å². The van der Waals surface area contributed by atoms with Crippen LogP contribution in [0.5, 0.6) is 0 Å². The molecule has 1 fully saturated rings. The average molecular weight is 301 g/mol. The van der Waals surface area contributed by atoms with Gasteiger partial charge in [-0.3, -0.25) is 0 Å². The van der Waals surface area contributed by atoms with Gasteiger partial charge in [-0.15, -0.1) is 0 Å². The topological polar surface area (TPSA) is 15.3 Å². The summed E-state index contributed by atoms with van der Waals surface area (Å²) in [6.07, 6.45) is 4.80. The first-order chi connectivity index (χ1) is 9.20. The van der Waals surface area contributed by atoms with Crippen LogP contribution < -0.4 is 5.32 Å². The normalized spacial score (nSPS) is 21.1. The zero-order chi connectivity index (χ0) is 13.7. The summed E-state index contributed by atoms with van der Waals surface area (Å²) in [7, 11) is 0. The maximum absolute atomic E-state index is 6.21. The summed E-state index contributed by atoms with van der Waals surface area (Å²) in [5, 5.41) is 4.95. The van der Waals surface area contributed by atoms with Gasteiger partial charge < -0.3 is 10.2 Å². The highest BCUT2D eigenvalue weighted by atomic mass is 35.5. The minimum atomic E-state index is 0.472. The molecule has 1 aliphatic heterocycles. The van der Waals surface area contributed by atoms with Crippen molar-refractivity contribution in [3.63, 3.8) is 0 Å². The minimum Gasteiger partial charge on any atom is -0.380 e. The van der Waals surface area contributed by atoms with E-state index in [9.17, 15) is 0 Å². The molecule has 1 saturated heterocycles. The van der Waals surface area contributed by atoms with Gasteiger partial charge in [-0.2, -0.15) is 0 Å². The number of para-hydroxylation sites is 1. The van der Waals surface area contributed by atoms with Crippen molar-refractivity contribution in [2.45, 2.75) is 38.6 Å². The largest absolute Gasteiger partial charge is 0.380 e. The molecule has 0 aliphatic carbocycles. The van der Waals surface area contributed by atoms with Gasteiger partial charge in [-0.05, 0) is 50.9 Å². The van der Waals surface area contributed by atoms with E-state index >= 15 is 0 Å². The highest BCUT2D eigenvalue weighted by Crippen LogP contribution is 2.31. The molecule has 0 bridgehead atoms. The lowest BCUT2D eigenvalue weighted by atomic mass is 10.1. The molecule has 0 aromatic heterocycles. The van der Waals surface area contributed by atoms with Crippen LogP contribution in [-0.2, 0) is 0 Å². The Morgan fingerprint density at radius 3 is 2.63 bits per heavy atom. The Balaban J connectivity index is 1.96. The van der Waals surface area contributed by atoms with Crippen LogP contribution in [-0.4, -0.2) is 30.6 Å². The molecule has 1 aliphatic rings. The fourth-order valence-electron chi connectivity index (χ4n) is 2.68. The van der Waals surface area contributed by atoms with Gasteiger partial charge in [0.15, 0.2) is 0 Å². The molecule has 1 aromatic rings. The number of rotatable bonds is 4. The van der Waals surface area contributed by atoms with E-state index in [1.807, 2.05) is 18.2 Å². The van der Waals surface area contributed by atoms with Crippen molar-refractivity contribution in [2.75, 3.05) is 25.0 Å². The minimum absolute atomic E-state index is 0.472. The molecule has 1 atom stereocenters. The zero-order valence-corrected chi connectivity index (χ0v) is 13.0. The lowest BCUT2D eigenvalue weighted by Crippen LogP contribution is -2.27. The number of likely N-dealkylation sites (tertiary alicyclic amines) is 1. The Kier molecular flexibility index (Phi) is 5.80. The van der Waals surface area contributed by atoms with Gasteiger partial charge in [-0.1, -0.05) is 36.2 Å². The SMILES string of the molecule is CCCN1CCCC(Nc2c(Cl)cccc2Cl)CC1. The molecular formula is C15H22Cl2N2. The predicted molar refractivity (Wildman–Crippen MR) is 84.5 cm³/mol. The molecule has 106 valence electrons. The third-order valence-corrected chi connectivity index (χ3v) is 4.30. The van der Waals surface area contributed by atoms with Crippen LogP contribution >= 0.6 is 23.2 Å². The lowest BCUT2D eigenvalue weighted by Gasteiger charge is -2.21. The van der Waals surface area contributed by atoms with Gasteiger partial charge in [-0.25, -0.2) is 0 Å². The second-order valence-electron chi connectivity index (χ2n) is 5.21. The summed E-state index contributed by atoms with van der Waals surface area (Å²) in [4.78, 5) is 2.55. The van der Waals surface area contributed by atoms with Crippen molar-refractivity contribution in [1.82, 2.24) is 4.90 Å². The number of benzene rings is 1. The van der Waals surface area contributed by atoms with Gasteiger partial charge in [0.2, 0.25) is 0 Å². The van der Waals surface area contributed by atoms with E-state index in [2.05, 4.69) is 17.1 Å². The van der Waals surface area contributed by atoms with Gasteiger partial charge in [0.1, 0.15) is 0 Å². The van der Waals surface area contributed by atoms with Crippen molar-refractivity contribution in [3.8, 4) is 0 Å². The van der Waals surface area contributed by atoms with Crippen molar-refractivity contribution < 1.29 is 0 Å². The number of hydrogen-bond acceptors (Lipinski definition) is 2. The first-order valence-corrected chi connectivity index (χ1v) is 7.89. The second-order valence-corrected chi connectivity index (χ2v) is 6.02. The Labute approximate surface area is 126 Å². The average Bonchev–Trinajstić information content (AvgIpc) is 2.60. The van der Waals surface area contributed by atoms with Crippen LogP contribution in [0.25, 0.3) is 0 Å². The molecular weight excluding hydrogens is 279 g/mol. The molecule has 2 rings (SSSR count). The van der Waals surface area contributed by atoms with Crippen LogP contribution in [0.2, 0.25) is 10.0 Å². The van der Waals surface area contributed by atoms with Crippen LogP contribution in [0.3, 0.4) is 0 Å². The number of nitrogens with zero attached hydrogens (tertiary/aromatic N) is 1.